The lowest BCUT2D eigenvalue weighted by Gasteiger charge is -2.17. The predicted octanol–water partition coefficient (Wildman–Crippen LogP) is 3.75. The molecule has 0 aromatic heterocycles. The van der Waals surface area contributed by atoms with Crippen molar-refractivity contribution in [2.45, 2.75) is 13.3 Å². The van der Waals surface area contributed by atoms with Crippen molar-refractivity contribution in [2.24, 2.45) is 5.92 Å². The van der Waals surface area contributed by atoms with Crippen molar-refractivity contribution in [3.63, 3.8) is 0 Å². The second kappa shape index (κ2) is 6.54. The van der Waals surface area contributed by atoms with Crippen LogP contribution in [0.3, 0.4) is 0 Å². The van der Waals surface area contributed by atoms with Gasteiger partial charge in [-0.1, -0.05) is 39.7 Å². The molecular formula is C18H17BrN2O2. The highest BCUT2D eigenvalue weighted by Gasteiger charge is 2.35. The van der Waals surface area contributed by atoms with Crippen molar-refractivity contribution >= 4 is 39.1 Å². The highest BCUT2D eigenvalue weighted by Crippen LogP contribution is 2.26. The van der Waals surface area contributed by atoms with Crippen LogP contribution in [0.4, 0.5) is 11.4 Å². The number of nitrogens with zero attached hydrogens (tertiary/aromatic N) is 1. The molecule has 118 valence electrons. The van der Waals surface area contributed by atoms with Crippen LogP contribution in [0.1, 0.15) is 12.0 Å². The second-order valence-corrected chi connectivity index (χ2v) is 6.66. The lowest BCUT2D eigenvalue weighted by Crippen LogP contribution is -2.28. The van der Waals surface area contributed by atoms with E-state index in [1.54, 1.807) is 4.90 Å². The van der Waals surface area contributed by atoms with Crippen molar-refractivity contribution in [2.75, 3.05) is 16.8 Å². The molecule has 1 aliphatic heterocycles. The van der Waals surface area contributed by atoms with Gasteiger partial charge in [0.2, 0.25) is 11.8 Å². The summed E-state index contributed by atoms with van der Waals surface area (Å²) in [6.45, 7) is 2.42. The van der Waals surface area contributed by atoms with Gasteiger partial charge in [0.05, 0.1) is 5.92 Å². The molecule has 3 rings (SSSR count). The standard InChI is InChI=1S/C18H17BrN2O2/c1-12-5-7-16(8-6-12)21-11-13(9-17(21)22)18(23)20-15-4-2-3-14(19)10-15/h2-8,10,13H,9,11H2,1H3,(H,20,23)/t13-/m0/s1. The molecule has 1 aliphatic rings. The highest BCUT2D eigenvalue weighted by molar-refractivity contribution is 9.10. The van der Waals surface area contributed by atoms with Gasteiger partial charge in [-0.2, -0.15) is 0 Å². The molecule has 0 spiro atoms. The minimum atomic E-state index is -0.331. The van der Waals surface area contributed by atoms with Crippen molar-refractivity contribution < 1.29 is 9.59 Å². The Kier molecular flexibility index (Phi) is 4.48. The summed E-state index contributed by atoms with van der Waals surface area (Å²) in [6.07, 6.45) is 0.244. The Bertz CT molecular complexity index is 743. The predicted molar refractivity (Wildman–Crippen MR) is 94.4 cm³/mol. The number of carbonyl (C=O) groups excluding carboxylic acids is 2. The number of hydrogen-bond donors (Lipinski definition) is 1. The molecule has 23 heavy (non-hydrogen) atoms. The van der Waals surface area contributed by atoms with E-state index in [-0.39, 0.29) is 24.2 Å². The van der Waals surface area contributed by atoms with E-state index in [4.69, 9.17) is 0 Å². The van der Waals surface area contributed by atoms with E-state index in [1.807, 2.05) is 55.5 Å². The van der Waals surface area contributed by atoms with Gasteiger partial charge in [-0.15, -0.1) is 0 Å². The molecule has 1 fully saturated rings. The molecule has 2 aromatic carbocycles. The van der Waals surface area contributed by atoms with Gasteiger partial charge in [0, 0.05) is 28.8 Å². The molecule has 0 saturated carbocycles. The van der Waals surface area contributed by atoms with Crippen LogP contribution >= 0.6 is 15.9 Å². The SMILES string of the molecule is Cc1ccc(N2C[C@@H](C(=O)Nc3cccc(Br)c3)CC2=O)cc1. The lowest BCUT2D eigenvalue weighted by molar-refractivity contribution is -0.122. The van der Waals surface area contributed by atoms with Crippen LogP contribution < -0.4 is 10.2 Å². The van der Waals surface area contributed by atoms with Crippen molar-refractivity contribution in [1.82, 2.24) is 0 Å². The van der Waals surface area contributed by atoms with Crippen LogP contribution in [0.2, 0.25) is 0 Å². The number of hydrogen-bond acceptors (Lipinski definition) is 2. The Labute approximate surface area is 143 Å². The largest absolute Gasteiger partial charge is 0.326 e. The summed E-state index contributed by atoms with van der Waals surface area (Å²) < 4.78 is 0.902. The summed E-state index contributed by atoms with van der Waals surface area (Å²) in [4.78, 5) is 26.3. The van der Waals surface area contributed by atoms with Gasteiger partial charge in [0.25, 0.3) is 0 Å². The first-order valence-corrected chi connectivity index (χ1v) is 8.26. The van der Waals surface area contributed by atoms with Gasteiger partial charge in [0.15, 0.2) is 0 Å². The molecule has 2 amide bonds. The molecule has 0 aliphatic carbocycles. The number of aryl methyl sites for hydroxylation is 1. The summed E-state index contributed by atoms with van der Waals surface area (Å²) in [7, 11) is 0. The molecule has 4 nitrogen and oxygen atoms in total. The van der Waals surface area contributed by atoms with Gasteiger partial charge >= 0.3 is 0 Å². The Morgan fingerprint density at radius 3 is 2.65 bits per heavy atom. The Hall–Kier alpha value is -2.14. The number of carbonyl (C=O) groups is 2. The van der Waals surface area contributed by atoms with Gasteiger partial charge in [-0.25, -0.2) is 0 Å². The number of amides is 2. The molecule has 1 saturated heterocycles. The molecule has 2 aromatic rings. The zero-order valence-electron chi connectivity index (χ0n) is 12.8. The summed E-state index contributed by atoms with van der Waals surface area (Å²) in [5, 5.41) is 2.88. The maximum absolute atomic E-state index is 12.4. The maximum Gasteiger partial charge on any atom is 0.229 e. The molecule has 0 bridgehead atoms. The van der Waals surface area contributed by atoms with Gasteiger partial charge < -0.3 is 10.2 Å². The van der Waals surface area contributed by atoms with Crippen LogP contribution in [0.5, 0.6) is 0 Å². The Morgan fingerprint density at radius 2 is 1.96 bits per heavy atom. The van der Waals surface area contributed by atoms with Crippen LogP contribution in [-0.4, -0.2) is 18.4 Å². The van der Waals surface area contributed by atoms with Crippen molar-refractivity contribution in [1.29, 1.82) is 0 Å². The third-order valence-corrected chi connectivity index (χ3v) is 4.43. The molecule has 0 unspecified atom stereocenters. The van der Waals surface area contributed by atoms with Gasteiger partial charge in [0.1, 0.15) is 0 Å². The summed E-state index contributed by atoms with van der Waals surface area (Å²) in [5.41, 5.74) is 2.72. The van der Waals surface area contributed by atoms with Crippen LogP contribution in [0.25, 0.3) is 0 Å². The van der Waals surface area contributed by atoms with Crippen LogP contribution in [0, 0.1) is 12.8 Å². The van der Waals surface area contributed by atoms with E-state index < -0.39 is 0 Å². The van der Waals surface area contributed by atoms with E-state index in [2.05, 4.69) is 21.2 Å². The fourth-order valence-corrected chi connectivity index (χ4v) is 3.07. The topological polar surface area (TPSA) is 49.4 Å². The summed E-state index contributed by atoms with van der Waals surface area (Å²) >= 11 is 3.38. The molecule has 1 atom stereocenters. The fourth-order valence-electron chi connectivity index (χ4n) is 2.67. The Balaban J connectivity index is 1.69. The number of nitrogens with one attached hydrogen (secondary N) is 1. The maximum atomic E-state index is 12.4. The molecular weight excluding hydrogens is 356 g/mol. The first-order valence-electron chi connectivity index (χ1n) is 7.46. The number of rotatable bonds is 3. The quantitative estimate of drug-likeness (QED) is 0.891. The van der Waals surface area contributed by atoms with Crippen molar-refractivity contribution in [3.8, 4) is 0 Å². The summed E-state index contributed by atoms with van der Waals surface area (Å²) in [5.74, 6) is -0.461. The minimum Gasteiger partial charge on any atom is -0.326 e. The monoisotopic (exact) mass is 372 g/mol. The third-order valence-electron chi connectivity index (χ3n) is 3.93. The normalized spacial score (nSPS) is 17.4. The first kappa shape index (κ1) is 15.7. The van der Waals surface area contributed by atoms with Gasteiger partial charge in [-0.05, 0) is 37.3 Å². The average Bonchev–Trinajstić information content (AvgIpc) is 2.90. The van der Waals surface area contributed by atoms with E-state index in [0.717, 1.165) is 21.4 Å². The fraction of sp³-hybridized carbons (Fsp3) is 0.222. The van der Waals surface area contributed by atoms with Crippen molar-refractivity contribution in [3.05, 3.63) is 58.6 Å². The number of anilines is 2. The van der Waals surface area contributed by atoms with Crippen LogP contribution in [-0.2, 0) is 9.59 Å². The van der Waals surface area contributed by atoms with Crippen LogP contribution in [0.15, 0.2) is 53.0 Å². The second-order valence-electron chi connectivity index (χ2n) is 5.74. The summed E-state index contributed by atoms with van der Waals surface area (Å²) in [6, 6.07) is 15.2. The smallest absolute Gasteiger partial charge is 0.229 e. The Morgan fingerprint density at radius 1 is 1.22 bits per heavy atom. The van der Waals surface area contributed by atoms with Gasteiger partial charge in [-0.3, -0.25) is 9.59 Å². The number of halogens is 1. The molecule has 5 heteroatoms. The average molecular weight is 373 g/mol. The minimum absolute atomic E-state index is 0.0109. The lowest BCUT2D eigenvalue weighted by atomic mass is 10.1. The zero-order valence-corrected chi connectivity index (χ0v) is 14.3. The first-order chi connectivity index (χ1) is 11.0. The van der Waals surface area contributed by atoms with E-state index in [1.165, 1.54) is 0 Å². The third kappa shape index (κ3) is 3.62. The van der Waals surface area contributed by atoms with E-state index >= 15 is 0 Å². The zero-order chi connectivity index (χ0) is 16.4. The molecule has 1 N–H and O–H groups in total. The molecule has 0 radical (unpaired) electrons. The molecule has 1 heterocycles. The highest BCUT2D eigenvalue weighted by atomic mass is 79.9. The van der Waals surface area contributed by atoms with E-state index in [0.29, 0.717) is 6.54 Å². The number of benzene rings is 2. The van der Waals surface area contributed by atoms with E-state index in [9.17, 15) is 9.59 Å².